The lowest BCUT2D eigenvalue weighted by Crippen LogP contribution is -2.28. The molecule has 156 valence electrons. The Morgan fingerprint density at radius 3 is 2.68 bits per heavy atom. The maximum Gasteiger partial charge on any atom is 0.267 e. The molecule has 3 aromatic rings. The number of aromatic hydroxyl groups is 2. The fraction of sp³-hybridized carbons (Fsp3) is 0.0455. The molecule has 0 unspecified atom stereocenters. The number of amides is 1. The molecule has 0 saturated carbocycles. The SMILES string of the molecule is O=C1/C(=C/c2cc(Cl)ccc2O)S/C(=N\N=C\c2ccc(O)cc2)N1Cc1ccco1. The lowest BCUT2D eigenvalue weighted by molar-refractivity contribution is -0.122. The Balaban J connectivity index is 1.64. The van der Waals surface area contributed by atoms with Crippen molar-refractivity contribution in [1.29, 1.82) is 0 Å². The number of hydrogen-bond acceptors (Lipinski definition) is 7. The zero-order valence-corrected chi connectivity index (χ0v) is 17.5. The summed E-state index contributed by atoms with van der Waals surface area (Å²) in [6, 6.07) is 14.6. The standard InChI is InChI=1S/C22H16ClN3O4S/c23-16-5-8-19(28)15(10-16)11-20-21(29)26(13-18-2-1-9-30-18)22(31-20)25-24-12-14-3-6-17(27)7-4-14/h1-12,27-28H,13H2/b20-11-,24-12+,25-22-. The van der Waals surface area contributed by atoms with Gasteiger partial charge in [-0.3, -0.25) is 9.69 Å². The molecule has 2 aromatic carbocycles. The van der Waals surface area contributed by atoms with Crippen LogP contribution < -0.4 is 0 Å². The second-order valence-electron chi connectivity index (χ2n) is 6.50. The van der Waals surface area contributed by atoms with E-state index in [9.17, 15) is 15.0 Å². The summed E-state index contributed by atoms with van der Waals surface area (Å²) >= 11 is 7.15. The Morgan fingerprint density at radius 1 is 1.13 bits per heavy atom. The number of phenols is 2. The van der Waals surface area contributed by atoms with Crippen LogP contribution >= 0.6 is 23.4 Å². The Kier molecular flexibility index (Phi) is 6.11. The number of hydrogen-bond donors (Lipinski definition) is 2. The number of benzene rings is 2. The molecule has 7 nitrogen and oxygen atoms in total. The summed E-state index contributed by atoms with van der Waals surface area (Å²) in [7, 11) is 0. The molecule has 9 heteroatoms. The average Bonchev–Trinajstić information content (AvgIpc) is 3.36. The molecule has 2 heterocycles. The summed E-state index contributed by atoms with van der Waals surface area (Å²) in [5, 5.41) is 28.5. The average molecular weight is 454 g/mol. The molecule has 1 fully saturated rings. The van der Waals surface area contributed by atoms with Gasteiger partial charge in [-0.1, -0.05) is 11.6 Å². The molecule has 1 aliphatic heterocycles. The lowest BCUT2D eigenvalue weighted by atomic mass is 10.2. The van der Waals surface area contributed by atoms with E-state index in [1.165, 1.54) is 23.4 Å². The van der Waals surface area contributed by atoms with Crippen LogP contribution in [0, 0.1) is 0 Å². The van der Waals surface area contributed by atoms with Crippen LogP contribution in [0.15, 0.2) is 80.4 Å². The predicted molar refractivity (Wildman–Crippen MR) is 121 cm³/mol. The van der Waals surface area contributed by atoms with Crippen molar-refractivity contribution in [2.24, 2.45) is 10.2 Å². The summed E-state index contributed by atoms with van der Waals surface area (Å²) in [5.74, 6) is 0.470. The summed E-state index contributed by atoms with van der Waals surface area (Å²) in [6.45, 7) is 0.186. The smallest absolute Gasteiger partial charge is 0.267 e. The molecule has 0 aliphatic carbocycles. The third-order valence-electron chi connectivity index (χ3n) is 4.30. The van der Waals surface area contributed by atoms with Gasteiger partial charge in [0.2, 0.25) is 0 Å². The fourth-order valence-electron chi connectivity index (χ4n) is 2.77. The van der Waals surface area contributed by atoms with Gasteiger partial charge in [-0.05, 0) is 78.0 Å². The van der Waals surface area contributed by atoms with Crippen molar-refractivity contribution in [3.8, 4) is 11.5 Å². The highest BCUT2D eigenvalue weighted by Gasteiger charge is 2.34. The van der Waals surface area contributed by atoms with Crippen molar-refractivity contribution in [2.45, 2.75) is 6.54 Å². The van der Waals surface area contributed by atoms with Crippen LogP contribution in [0.2, 0.25) is 5.02 Å². The minimum atomic E-state index is -0.292. The van der Waals surface area contributed by atoms with E-state index in [4.69, 9.17) is 16.0 Å². The molecule has 4 rings (SSSR count). The molecule has 1 aliphatic rings. The first-order valence-electron chi connectivity index (χ1n) is 9.12. The van der Waals surface area contributed by atoms with E-state index in [2.05, 4.69) is 10.2 Å². The van der Waals surface area contributed by atoms with Crippen molar-refractivity contribution in [1.82, 2.24) is 4.90 Å². The molecule has 0 radical (unpaired) electrons. The van der Waals surface area contributed by atoms with Crippen molar-refractivity contribution in [3.05, 3.63) is 87.7 Å². The predicted octanol–water partition coefficient (Wildman–Crippen LogP) is 4.85. The number of thioether (sulfide) groups is 1. The largest absolute Gasteiger partial charge is 0.508 e. The van der Waals surface area contributed by atoms with Crippen LogP contribution in [-0.2, 0) is 11.3 Å². The summed E-state index contributed by atoms with van der Waals surface area (Å²) in [4.78, 5) is 14.8. The molecular weight excluding hydrogens is 438 g/mol. The van der Waals surface area contributed by atoms with Crippen molar-refractivity contribution < 1.29 is 19.4 Å². The van der Waals surface area contributed by atoms with Gasteiger partial charge >= 0.3 is 0 Å². The van der Waals surface area contributed by atoms with Gasteiger partial charge in [-0.2, -0.15) is 5.10 Å². The van der Waals surface area contributed by atoms with E-state index in [-0.39, 0.29) is 24.0 Å². The van der Waals surface area contributed by atoms with Gasteiger partial charge in [0.05, 0.1) is 23.9 Å². The number of carbonyl (C=O) groups is 1. The van der Waals surface area contributed by atoms with Gasteiger partial charge < -0.3 is 14.6 Å². The van der Waals surface area contributed by atoms with Crippen LogP contribution in [0.5, 0.6) is 11.5 Å². The van der Waals surface area contributed by atoms with E-state index < -0.39 is 0 Å². The number of halogens is 1. The summed E-state index contributed by atoms with van der Waals surface area (Å²) in [6.07, 6.45) is 4.62. The van der Waals surface area contributed by atoms with E-state index in [1.54, 1.807) is 54.6 Å². The fourth-order valence-corrected chi connectivity index (χ4v) is 3.87. The van der Waals surface area contributed by atoms with Gasteiger partial charge in [-0.25, -0.2) is 0 Å². The highest BCUT2D eigenvalue weighted by molar-refractivity contribution is 8.18. The lowest BCUT2D eigenvalue weighted by Gasteiger charge is -2.12. The van der Waals surface area contributed by atoms with E-state index in [1.807, 2.05) is 0 Å². The van der Waals surface area contributed by atoms with Gasteiger partial charge in [-0.15, -0.1) is 5.10 Å². The van der Waals surface area contributed by atoms with Gasteiger partial charge in [0, 0.05) is 10.6 Å². The molecule has 0 spiro atoms. The Morgan fingerprint density at radius 2 is 1.94 bits per heavy atom. The Hall–Kier alpha value is -3.49. The van der Waals surface area contributed by atoms with Crippen molar-refractivity contribution in [2.75, 3.05) is 0 Å². The van der Waals surface area contributed by atoms with Crippen LogP contribution in [0.4, 0.5) is 0 Å². The van der Waals surface area contributed by atoms with E-state index in [0.717, 1.165) is 17.3 Å². The molecule has 0 atom stereocenters. The molecule has 31 heavy (non-hydrogen) atoms. The second-order valence-corrected chi connectivity index (χ2v) is 7.95. The minimum absolute atomic E-state index is 0.0126. The topological polar surface area (TPSA) is 98.6 Å². The maximum atomic E-state index is 13.0. The molecule has 1 saturated heterocycles. The van der Waals surface area contributed by atoms with Gasteiger partial charge in [0.25, 0.3) is 5.91 Å². The zero-order chi connectivity index (χ0) is 21.8. The third kappa shape index (κ3) is 4.99. The quantitative estimate of drug-likeness (QED) is 0.327. The summed E-state index contributed by atoms with van der Waals surface area (Å²) in [5.41, 5.74) is 1.17. The molecule has 1 aromatic heterocycles. The number of carbonyl (C=O) groups excluding carboxylic acids is 1. The third-order valence-corrected chi connectivity index (χ3v) is 5.53. The first kappa shape index (κ1) is 20.8. The first-order chi connectivity index (χ1) is 15.0. The van der Waals surface area contributed by atoms with Crippen LogP contribution in [-0.4, -0.2) is 32.4 Å². The van der Waals surface area contributed by atoms with Crippen LogP contribution in [0.3, 0.4) is 0 Å². The summed E-state index contributed by atoms with van der Waals surface area (Å²) < 4.78 is 5.37. The number of rotatable bonds is 5. The molecule has 0 bridgehead atoms. The van der Waals surface area contributed by atoms with E-state index >= 15 is 0 Å². The van der Waals surface area contributed by atoms with Crippen molar-refractivity contribution in [3.63, 3.8) is 0 Å². The highest BCUT2D eigenvalue weighted by Crippen LogP contribution is 2.35. The number of amidine groups is 1. The second kappa shape index (κ2) is 9.11. The minimum Gasteiger partial charge on any atom is -0.508 e. The highest BCUT2D eigenvalue weighted by atomic mass is 35.5. The number of furan rings is 1. The maximum absolute atomic E-state index is 13.0. The van der Waals surface area contributed by atoms with Crippen LogP contribution in [0.1, 0.15) is 16.9 Å². The molecular formula is C22H16ClN3O4S. The molecule has 1 amide bonds. The monoisotopic (exact) mass is 453 g/mol. The van der Waals surface area contributed by atoms with E-state index in [0.29, 0.717) is 26.4 Å². The Bertz CT molecular complexity index is 1190. The zero-order valence-electron chi connectivity index (χ0n) is 16.0. The van der Waals surface area contributed by atoms with Gasteiger partial charge in [0.15, 0.2) is 5.17 Å². The number of phenolic OH excluding ortho intramolecular Hbond substituents is 2. The Labute approximate surface area is 187 Å². The first-order valence-corrected chi connectivity index (χ1v) is 10.3. The van der Waals surface area contributed by atoms with Gasteiger partial charge in [0.1, 0.15) is 17.3 Å². The van der Waals surface area contributed by atoms with Crippen LogP contribution in [0.25, 0.3) is 6.08 Å². The molecule has 2 N–H and O–H groups in total. The number of nitrogens with zero attached hydrogens (tertiary/aromatic N) is 3. The normalized spacial score (nSPS) is 16.8. The van der Waals surface area contributed by atoms with Crippen molar-refractivity contribution >= 4 is 46.7 Å².